The summed E-state index contributed by atoms with van der Waals surface area (Å²) >= 11 is 0. The fraction of sp³-hybridized carbons (Fsp3) is 0.0833. The maximum atomic E-state index is 8.36. The highest BCUT2D eigenvalue weighted by Crippen LogP contribution is 2.24. The van der Waals surface area contributed by atoms with Gasteiger partial charge in [-0.15, -0.1) is 0 Å². The molecule has 78 valence electrons. The molecule has 0 bridgehead atoms. The Hall–Kier alpha value is -2.03. The number of benzene rings is 2. The third-order valence-electron chi connectivity index (χ3n) is 1.97. The van der Waals surface area contributed by atoms with Crippen LogP contribution in [0.5, 0.6) is 5.75 Å². The molecule has 0 saturated heterocycles. The standard InChI is InChI=1S/C11H10O.CH2O2/c1-12-11-8-4-6-9-5-2-3-7-10(9)11;2-1-3/h2-8H,1H3;1H,(H,2,3). The predicted molar refractivity (Wildman–Crippen MR) is 59.2 cm³/mol. The Bertz CT molecular complexity index is 432. The maximum absolute atomic E-state index is 8.36. The fourth-order valence-corrected chi connectivity index (χ4v) is 1.37. The Morgan fingerprint density at radius 2 is 1.73 bits per heavy atom. The molecule has 2 aromatic rings. The minimum absolute atomic E-state index is 0.250. The van der Waals surface area contributed by atoms with Gasteiger partial charge in [-0.2, -0.15) is 0 Å². The molecule has 1 N–H and O–H groups in total. The summed E-state index contributed by atoms with van der Waals surface area (Å²) in [5, 5.41) is 9.28. The fourth-order valence-electron chi connectivity index (χ4n) is 1.37. The largest absolute Gasteiger partial charge is 0.496 e. The van der Waals surface area contributed by atoms with E-state index in [1.807, 2.05) is 24.3 Å². The molecule has 0 aliphatic carbocycles. The number of methoxy groups -OCH3 is 1. The Morgan fingerprint density at radius 1 is 1.13 bits per heavy atom. The molecule has 0 heterocycles. The van der Waals surface area contributed by atoms with Crippen molar-refractivity contribution in [1.82, 2.24) is 0 Å². The number of hydrogen-bond acceptors (Lipinski definition) is 2. The topological polar surface area (TPSA) is 46.5 Å². The molecule has 0 aliphatic rings. The Kier molecular flexibility index (Phi) is 4.16. The van der Waals surface area contributed by atoms with Gasteiger partial charge in [0.1, 0.15) is 5.75 Å². The average Bonchev–Trinajstić information content (AvgIpc) is 2.29. The molecule has 2 aromatic carbocycles. The highest BCUT2D eigenvalue weighted by atomic mass is 16.5. The highest BCUT2D eigenvalue weighted by molar-refractivity contribution is 5.88. The molecule has 15 heavy (non-hydrogen) atoms. The molecule has 2 rings (SSSR count). The van der Waals surface area contributed by atoms with Crippen LogP contribution in [0.3, 0.4) is 0 Å². The van der Waals surface area contributed by atoms with Crippen molar-refractivity contribution in [1.29, 1.82) is 0 Å². The van der Waals surface area contributed by atoms with Crippen LogP contribution < -0.4 is 4.74 Å². The monoisotopic (exact) mass is 204 g/mol. The molecule has 0 aromatic heterocycles. The first-order valence-corrected chi connectivity index (χ1v) is 4.43. The summed E-state index contributed by atoms with van der Waals surface area (Å²) in [5.41, 5.74) is 0. The van der Waals surface area contributed by atoms with Crippen molar-refractivity contribution < 1.29 is 14.6 Å². The van der Waals surface area contributed by atoms with Gasteiger partial charge < -0.3 is 9.84 Å². The van der Waals surface area contributed by atoms with Gasteiger partial charge in [0.15, 0.2) is 0 Å². The number of ether oxygens (including phenoxy) is 1. The van der Waals surface area contributed by atoms with Gasteiger partial charge >= 0.3 is 0 Å². The number of carbonyl (C=O) groups is 1. The van der Waals surface area contributed by atoms with E-state index in [1.165, 1.54) is 10.8 Å². The first-order chi connectivity index (χ1) is 7.33. The Labute approximate surface area is 87.9 Å². The van der Waals surface area contributed by atoms with E-state index in [1.54, 1.807) is 7.11 Å². The van der Waals surface area contributed by atoms with Crippen LogP contribution in [0, 0.1) is 0 Å². The SMILES string of the molecule is COc1cccc2ccccc12.O=CO. The van der Waals surface area contributed by atoms with Gasteiger partial charge in [0, 0.05) is 5.39 Å². The van der Waals surface area contributed by atoms with E-state index in [2.05, 4.69) is 18.2 Å². The lowest BCUT2D eigenvalue weighted by Gasteiger charge is -2.03. The van der Waals surface area contributed by atoms with Gasteiger partial charge in [-0.25, -0.2) is 0 Å². The first-order valence-electron chi connectivity index (χ1n) is 4.43. The van der Waals surface area contributed by atoms with Crippen LogP contribution in [-0.4, -0.2) is 18.7 Å². The van der Waals surface area contributed by atoms with Gasteiger partial charge in [0.25, 0.3) is 6.47 Å². The van der Waals surface area contributed by atoms with E-state index in [9.17, 15) is 0 Å². The maximum Gasteiger partial charge on any atom is 0.290 e. The molecule has 3 nitrogen and oxygen atoms in total. The Balaban J connectivity index is 0.000000337. The minimum Gasteiger partial charge on any atom is -0.496 e. The molecule has 0 aliphatic heterocycles. The zero-order chi connectivity index (χ0) is 11.1. The van der Waals surface area contributed by atoms with Crippen LogP contribution in [0.4, 0.5) is 0 Å². The predicted octanol–water partition coefficient (Wildman–Crippen LogP) is 2.55. The molecule has 3 heteroatoms. The van der Waals surface area contributed by atoms with Gasteiger partial charge in [-0.1, -0.05) is 36.4 Å². The second-order valence-electron chi connectivity index (χ2n) is 2.79. The van der Waals surface area contributed by atoms with Crippen molar-refractivity contribution in [3.8, 4) is 5.75 Å². The zero-order valence-corrected chi connectivity index (χ0v) is 8.38. The van der Waals surface area contributed by atoms with Crippen molar-refractivity contribution in [3.63, 3.8) is 0 Å². The van der Waals surface area contributed by atoms with Crippen molar-refractivity contribution in [2.75, 3.05) is 7.11 Å². The molecule has 0 atom stereocenters. The lowest BCUT2D eigenvalue weighted by molar-refractivity contribution is -0.122. The molecule has 0 spiro atoms. The van der Waals surface area contributed by atoms with Crippen LogP contribution in [0.15, 0.2) is 42.5 Å². The number of carboxylic acid groups (broad SMARTS) is 1. The highest BCUT2D eigenvalue weighted by Gasteiger charge is 1.96. The summed E-state index contributed by atoms with van der Waals surface area (Å²) < 4.78 is 5.23. The molecule has 0 fully saturated rings. The third kappa shape index (κ3) is 2.71. The molecule has 0 amide bonds. The first kappa shape index (κ1) is 11.0. The van der Waals surface area contributed by atoms with Crippen LogP contribution in [0.1, 0.15) is 0 Å². The van der Waals surface area contributed by atoms with Crippen LogP contribution in [-0.2, 0) is 4.79 Å². The summed E-state index contributed by atoms with van der Waals surface area (Å²) in [7, 11) is 1.70. The third-order valence-corrected chi connectivity index (χ3v) is 1.97. The summed E-state index contributed by atoms with van der Waals surface area (Å²) in [6.45, 7) is -0.250. The van der Waals surface area contributed by atoms with E-state index in [4.69, 9.17) is 14.6 Å². The summed E-state index contributed by atoms with van der Waals surface area (Å²) in [4.78, 5) is 8.36. The molecule has 0 unspecified atom stereocenters. The molecular weight excluding hydrogens is 192 g/mol. The summed E-state index contributed by atoms with van der Waals surface area (Å²) in [6.07, 6.45) is 0. The minimum atomic E-state index is -0.250. The lowest BCUT2D eigenvalue weighted by atomic mass is 10.1. The lowest BCUT2D eigenvalue weighted by Crippen LogP contribution is -1.83. The van der Waals surface area contributed by atoms with Gasteiger partial charge in [-0.05, 0) is 11.5 Å². The van der Waals surface area contributed by atoms with Crippen molar-refractivity contribution in [2.24, 2.45) is 0 Å². The van der Waals surface area contributed by atoms with E-state index < -0.39 is 0 Å². The number of rotatable bonds is 1. The van der Waals surface area contributed by atoms with Crippen LogP contribution in [0.2, 0.25) is 0 Å². The van der Waals surface area contributed by atoms with E-state index in [0.29, 0.717) is 0 Å². The second-order valence-corrected chi connectivity index (χ2v) is 2.79. The van der Waals surface area contributed by atoms with Crippen LogP contribution >= 0.6 is 0 Å². The molecule has 0 saturated carbocycles. The van der Waals surface area contributed by atoms with Crippen LogP contribution in [0.25, 0.3) is 10.8 Å². The second kappa shape index (κ2) is 5.65. The molecular formula is C12H12O3. The van der Waals surface area contributed by atoms with Gasteiger partial charge in [-0.3, -0.25) is 4.79 Å². The summed E-state index contributed by atoms with van der Waals surface area (Å²) in [5.74, 6) is 0.938. The average molecular weight is 204 g/mol. The van der Waals surface area contributed by atoms with Crippen molar-refractivity contribution in [3.05, 3.63) is 42.5 Å². The van der Waals surface area contributed by atoms with E-state index in [-0.39, 0.29) is 6.47 Å². The van der Waals surface area contributed by atoms with E-state index in [0.717, 1.165) is 5.75 Å². The smallest absolute Gasteiger partial charge is 0.290 e. The summed E-state index contributed by atoms with van der Waals surface area (Å²) in [6, 6.07) is 14.2. The van der Waals surface area contributed by atoms with Gasteiger partial charge in [0.05, 0.1) is 7.11 Å². The van der Waals surface area contributed by atoms with Crippen molar-refractivity contribution in [2.45, 2.75) is 0 Å². The normalized spacial score (nSPS) is 8.87. The number of hydrogen-bond donors (Lipinski definition) is 1. The van der Waals surface area contributed by atoms with Gasteiger partial charge in [0.2, 0.25) is 0 Å². The zero-order valence-electron chi connectivity index (χ0n) is 8.38. The van der Waals surface area contributed by atoms with E-state index >= 15 is 0 Å². The Morgan fingerprint density at radius 3 is 2.40 bits per heavy atom. The molecule has 0 radical (unpaired) electrons. The number of fused-ring (bicyclic) bond motifs is 1. The quantitative estimate of drug-likeness (QED) is 0.726. The van der Waals surface area contributed by atoms with Crippen molar-refractivity contribution >= 4 is 17.2 Å².